The number of carbonyl (C=O) groups is 1. The minimum Gasteiger partial charge on any atom is -0.478 e. The molecule has 19 heavy (non-hydrogen) atoms. The third-order valence-corrected chi connectivity index (χ3v) is 3.89. The van der Waals surface area contributed by atoms with Crippen molar-refractivity contribution in [2.24, 2.45) is 0 Å². The van der Waals surface area contributed by atoms with E-state index in [9.17, 15) is 9.90 Å². The Balaban J connectivity index is 2.01. The summed E-state index contributed by atoms with van der Waals surface area (Å²) >= 11 is 1.16. The molecule has 0 spiro atoms. The third-order valence-electron chi connectivity index (χ3n) is 3.03. The third kappa shape index (κ3) is 2.35. The highest BCUT2D eigenvalue weighted by atomic mass is 32.2. The first-order valence-corrected chi connectivity index (χ1v) is 6.81. The summed E-state index contributed by atoms with van der Waals surface area (Å²) in [5, 5.41) is 10.2. The van der Waals surface area contributed by atoms with E-state index >= 15 is 0 Å². The molecule has 2 heterocycles. The van der Waals surface area contributed by atoms with Crippen LogP contribution in [0, 0.1) is 6.92 Å². The highest BCUT2D eigenvalue weighted by molar-refractivity contribution is 7.99. The topological polar surface area (TPSA) is 76.2 Å². The van der Waals surface area contributed by atoms with E-state index in [1.807, 2.05) is 6.92 Å². The van der Waals surface area contributed by atoms with Gasteiger partial charge in [0.1, 0.15) is 11.3 Å². The number of carboxylic acids is 1. The lowest BCUT2D eigenvalue weighted by atomic mass is 10.1. The van der Waals surface area contributed by atoms with Crippen molar-refractivity contribution in [1.29, 1.82) is 0 Å². The molecule has 0 aromatic carbocycles. The van der Waals surface area contributed by atoms with Crippen LogP contribution >= 0.6 is 11.8 Å². The van der Waals surface area contributed by atoms with E-state index in [4.69, 9.17) is 4.42 Å². The van der Waals surface area contributed by atoms with Crippen LogP contribution in [0.5, 0.6) is 0 Å². The molecule has 1 aliphatic rings. The minimum atomic E-state index is -0.965. The number of oxazole rings is 1. The fourth-order valence-corrected chi connectivity index (χ4v) is 3.01. The number of hydrogen-bond donors (Lipinski definition) is 1. The SMILES string of the molecule is Cc1coc(Sc2nc3c(cc2C(=O)O)CCC3)n1. The summed E-state index contributed by atoms with van der Waals surface area (Å²) in [6, 6.07) is 1.73. The van der Waals surface area contributed by atoms with E-state index in [1.165, 1.54) is 6.26 Å². The lowest BCUT2D eigenvalue weighted by Crippen LogP contribution is -2.04. The summed E-state index contributed by atoms with van der Waals surface area (Å²) in [4.78, 5) is 19.9. The van der Waals surface area contributed by atoms with Crippen LogP contribution in [0.1, 0.15) is 33.7 Å². The molecule has 1 N–H and O–H groups in total. The summed E-state index contributed by atoms with van der Waals surface area (Å²) < 4.78 is 5.24. The first kappa shape index (κ1) is 12.2. The maximum atomic E-state index is 11.3. The molecule has 2 aromatic rings. The fourth-order valence-electron chi connectivity index (χ4n) is 2.15. The highest BCUT2D eigenvalue weighted by Gasteiger charge is 2.21. The number of pyridine rings is 1. The van der Waals surface area contributed by atoms with Gasteiger partial charge in [0, 0.05) is 5.69 Å². The monoisotopic (exact) mass is 276 g/mol. The van der Waals surface area contributed by atoms with E-state index in [0.29, 0.717) is 10.2 Å². The standard InChI is InChI=1S/C13H12N2O3S/c1-7-6-18-13(14-7)19-11-9(12(16)17)5-8-3-2-4-10(8)15-11/h5-6H,2-4H2,1H3,(H,16,17). The second-order valence-corrected chi connectivity index (χ2v) is 5.40. The summed E-state index contributed by atoms with van der Waals surface area (Å²) in [5.74, 6) is -0.965. The number of rotatable bonds is 3. The molecular weight excluding hydrogens is 264 g/mol. The van der Waals surface area contributed by atoms with E-state index in [0.717, 1.165) is 48.0 Å². The Morgan fingerprint density at radius 1 is 1.42 bits per heavy atom. The average Bonchev–Trinajstić information content (AvgIpc) is 2.96. The summed E-state index contributed by atoms with van der Waals surface area (Å²) in [6.45, 7) is 1.82. The zero-order chi connectivity index (χ0) is 13.4. The highest BCUT2D eigenvalue weighted by Crippen LogP contribution is 2.32. The average molecular weight is 276 g/mol. The lowest BCUT2D eigenvalue weighted by Gasteiger charge is -2.06. The van der Waals surface area contributed by atoms with Crippen molar-refractivity contribution < 1.29 is 14.3 Å². The summed E-state index contributed by atoms with van der Waals surface area (Å²) in [7, 11) is 0. The van der Waals surface area contributed by atoms with Crippen molar-refractivity contribution in [3.05, 3.63) is 34.8 Å². The van der Waals surface area contributed by atoms with Crippen molar-refractivity contribution in [3.8, 4) is 0 Å². The van der Waals surface area contributed by atoms with Crippen LogP contribution in [0.2, 0.25) is 0 Å². The van der Waals surface area contributed by atoms with Crippen molar-refractivity contribution in [1.82, 2.24) is 9.97 Å². The molecule has 0 amide bonds. The van der Waals surface area contributed by atoms with Crippen LogP contribution in [-0.2, 0) is 12.8 Å². The molecule has 0 fully saturated rings. The van der Waals surface area contributed by atoms with Gasteiger partial charge in [-0.3, -0.25) is 0 Å². The molecule has 5 nitrogen and oxygen atoms in total. The maximum absolute atomic E-state index is 11.3. The second-order valence-electron chi connectivity index (χ2n) is 4.46. The van der Waals surface area contributed by atoms with Gasteiger partial charge in [-0.25, -0.2) is 14.8 Å². The normalized spacial score (nSPS) is 13.5. The van der Waals surface area contributed by atoms with Crippen molar-refractivity contribution >= 4 is 17.7 Å². The Labute approximate surface area is 114 Å². The van der Waals surface area contributed by atoms with Crippen molar-refractivity contribution in [2.45, 2.75) is 36.4 Å². The van der Waals surface area contributed by atoms with Crippen LogP contribution < -0.4 is 0 Å². The Morgan fingerprint density at radius 2 is 2.26 bits per heavy atom. The molecule has 1 aliphatic carbocycles. The van der Waals surface area contributed by atoms with Crippen LogP contribution in [0.3, 0.4) is 0 Å². The van der Waals surface area contributed by atoms with Crippen LogP contribution in [0.25, 0.3) is 0 Å². The van der Waals surface area contributed by atoms with Gasteiger partial charge in [-0.2, -0.15) is 0 Å². The largest absolute Gasteiger partial charge is 0.478 e. The van der Waals surface area contributed by atoms with E-state index in [2.05, 4.69) is 9.97 Å². The molecule has 0 unspecified atom stereocenters. The van der Waals surface area contributed by atoms with Gasteiger partial charge >= 0.3 is 5.97 Å². The molecule has 0 atom stereocenters. The summed E-state index contributed by atoms with van der Waals surface area (Å²) in [6.07, 6.45) is 4.39. The number of aryl methyl sites for hydroxylation is 3. The number of aromatic nitrogens is 2. The molecular formula is C13H12N2O3S. The molecule has 0 aliphatic heterocycles. The van der Waals surface area contributed by atoms with Gasteiger partial charge in [0.15, 0.2) is 0 Å². The molecule has 6 heteroatoms. The predicted octanol–water partition coefficient (Wildman–Crippen LogP) is 2.72. The lowest BCUT2D eigenvalue weighted by molar-refractivity contribution is 0.0692. The van der Waals surface area contributed by atoms with E-state index in [-0.39, 0.29) is 5.56 Å². The first-order valence-electron chi connectivity index (χ1n) is 5.99. The smallest absolute Gasteiger partial charge is 0.338 e. The number of aromatic carboxylic acids is 1. The van der Waals surface area contributed by atoms with E-state index < -0.39 is 5.97 Å². The van der Waals surface area contributed by atoms with E-state index in [1.54, 1.807) is 6.07 Å². The summed E-state index contributed by atoms with van der Waals surface area (Å²) in [5.41, 5.74) is 3.03. The van der Waals surface area contributed by atoms with Gasteiger partial charge in [-0.15, -0.1) is 0 Å². The number of nitrogens with zero attached hydrogens (tertiary/aromatic N) is 2. The number of carboxylic acid groups (broad SMARTS) is 1. The van der Waals surface area contributed by atoms with Gasteiger partial charge in [0.05, 0.1) is 11.3 Å². The Hall–Kier alpha value is -1.82. The Kier molecular flexibility index (Phi) is 3.02. The minimum absolute atomic E-state index is 0.224. The van der Waals surface area contributed by atoms with Gasteiger partial charge < -0.3 is 9.52 Å². The van der Waals surface area contributed by atoms with Gasteiger partial charge in [-0.1, -0.05) is 0 Å². The molecule has 3 rings (SSSR count). The van der Waals surface area contributed by atoms with Crippen molar-refractivity contribution in [3.63, 3.8) is 0 Å². The fraction of sp³-hybridized carbons (Fsp3) is 0.308. The van der Waals surface area contributed by atoms with Crippen LogP contribution in [0.15, 0.2) is 27.0 Å². The molecule has 98 valence electrons. The molecule has 0 saturated carbocycles. The molecule has 0 bridgehead atoms. The van der Waals surface area contributed by atoms with Crippen molar-refractivity contribution in [2.75, 3.05) is 0 Å². The number of fused-ring (bicyclic) bond motifs is 1. The number of hydrogen-bond acceptors (Lipinski definition) is 5. The second kappa shape index (κ2) is 4.70. The predicted molar refractivity (Wildman–Crippen MR) is 68.6 cm³/mol. The Morgan fingerprint density at radius 3 is 2.95 bits per heavy atom. The molecule has 2 aromatic heterocycles. The molecule has 0 radical (unpaired) electrons. The van der Waals surface area contributed by atoms with Gasteiger partial charge in [-0.05, 0) is 49.6 Å². The van der Waals surface area contributed by atoms with Gasteiger partial charge in [0.2, 0.25) is 0 Å². The van der Waals surface area contributed by atoms with Crippen LogP contribution in [0.4, 0.5) is 0 Å². The first-order chi connectivity index (χ1) is 9.13. The van der Waals surface area contributed by atoms with Gasteiger partial charge in [0.25, 0.3) is 5.22 Å². The quantitative estimate of drug-likeness (QED) is 0.928. The zero-order valence-electron chi connectivity index (χ0n) is 10.3. The maximum Gasteiger partial charge on any atom is 0.338 e. The van der Waals surface area contributed by atoms with Crippen LogP contribution in [-0.4, -0.2) is 21.0 Å². The molecule has 0 saturated heterocycles. The Bertz CT molecular complexity index is 651. The zero-order valence-corrected chi connectivity index (χ0v) is 11.2.